The molecule has 0 unspecified atom stereocenters. The number of rotatable bonds is 5. The molecule has 1 aromatic heterocycles. The summed E-state index contributed by atoms with van der Waals surface area (Å²) in [6.07, 6.45) is 3.88. The number of carbonyl (C=O) groups is 1. The Balaban J connectivity index is 1.55. The molecular formula is C24H27N3O2. The fourth-order valence-electron chi connectivity index (χ4n) is 4.15. The molecule has 0 bridgehead atoms. The van der Waals surface area contributed by atoms with Gasteiger partial charge in [0.05, 0.1) is 11.6 Å². The van der Waals surface area contributed by atoms with Crippen LogP contribution in [0.15, 0.2) is 65.6 Å². The molecule has 5 nitrogen and oxygen atoms in total. The number of H-pyrrole nitrogens is 1. The number of amides is 1. The lowest BCUT2D eigenvalue weighted by molar-refractivity contribution is 0.0914. The van der Waals surface area contributed by atoms with Crippen molar-refractivity contribution in [1.82, 2.24) is 15.2 Å². The van der Waals surface area contributed by atoms with Crippen molar-refractivity contribution in [1.29, 1.82) is 0 Å². The van der Waals surface area contributed by atoms with Crippen LogP contribution in [0.4, 0.5) is 0 Å². The predicted octanol–water partition coefficient (Wildman–Crippen LogP) is 3.73. The van der Waals surface area contributed by atoms with Gasteiger partial charge in [0.1, 0.15) is 0 Å². The van der Waals surface area contributed by atoms with Crippen molar-refractivity contribution in [2.24, 2.45) is 5.92 Å². The van der Waals surface area contributed by atoms with Gasteiger partial charge in [-0.1, -0.05) is 55.5 Å². The van der Waals surface area contributed by atoms with Crippen LogP contribution in [0.25, 0.3) is 10.8 Å². The molecule has 1 fully saturated rings. The van der Waals surface area contributed by atoms with E-state index in [2.05, 4.69) is 34.3 Å². The second kappa shape index (κ2) is 8.62. The number of pyridine rings is 1. The van der Waals surface area contributed by atoms with Gasteiger partial charge in [-0.05, 0) is 43.5 Å². The summed E-state index contributed by atoms with van der Waals surface area (Å²) in [7, 11) is 0. The third kappa shape index (κ3) is 4.25. The van der Waals surface area contributed by atoms with Crippen molar-refractivity contribution < 1.29 is 4.79 Å². The third-order valence-electron chi connectivity index (χ3n) is 5.95. The number of hydrogen-bond acceptors (Lipinski definition) is 3. The number of fused-ring (bicyclic) bond motifs is 1. The molecule has 0 radical (unpaired) electrons. The lowest BCUT2D eigenvalue weighted by Gasteiger charge is -2.37. The summed E-state index contributed by atoms with van der Waals surface area (Å²) >= 11 is 0. The average molecular weight is 389 g/mol. The van der Waals surface area contributed by atoms with Crippen LogP contribution in [0, 0.1) is 5.92 Å². The van der Waals surface area contributed by atoms with E-state index in [0.717, 1.165) is 19.0 Å². The minimum absolute atomic E-state index is 0.140. The number of benzene rings is 2. The Labute approximate surface area is 170 Å². The Hall–Kier alpha value is -2.92. The number of aromatic amines is 1. The van der Waals surface area contributed by atoms with Crippen LogP contribution in [0.1, 0.15) is 41.7 Å². The molecule has 2 aromatic carbocycles. The summed E-state index contributed by atoms with van der Waals surface area (Å²) in [6.45, 7) is 4.92. The molecule has 5 heteroatoms. The van der Waals surface area contributed by atoms with Crippen molar-refractivity contribution in [2.75, 3.05) is 19.6 Å². The van der Waals surface area contributed by atoms with Gasteiger partial charge in [0.2, 0.25) is 0 Å². The van der Waals surface area contributed by atoms with Gasteiger partial charge in [0, 0.05) is 23.5 Å². The maximum atomic E-state index is 13.0. The number of hydrogen-bond donors (Lipinski definition) is 2. The Kier molecular flexibility index (Phi) is 5.76. The zero-order chi connectivity index (χ0) is 20.2. The molecule has 1 saturated heterocycles. The van der Waals surface area contributed by atoms with Crippen LogP contribution >= 0.6 is 0 Å². The van der Waals surface area contributed by atoms with E-state index in [4.69, 9.17) is 0 Å². The first-order valence-corrected chi connectivity index (χ1v) is 10.3. The maximum absolute atomic E-state index is 13.0. The maximum Gasteiger partial charge on any atom is 0.255 e. The summed E-state index contributed by atoms with van der Waals surface area (Å²) in [6, 6.07) is 17.7. The third-order valence-corrected chi connectivity index (χ3v) is 5.95. The minimum atomic E-state index is -0.179. The number of nitrogens with zero attached hydrogens (tertiary/aromatic N) is 1. The Morgan fingerprint density at radius 2 is 1.72 bits per heavy atom. The number of likely N-dealkylation sites (tertiary alicyclic amines) is 1. The summed E-state index contributed by atoms with van der Waals surface area (Å²) < 4.78 is 0. The van der Waals surface area contributed by atoms with Gasteiger partial charge in [-0.3, -0.25) is 14.5 Å². The smallest absolute Gasteiger partial charge is 0.255 e. The van der Waals surface area contributed by atoms with Crippen molar-refractivity contribution in [3.8, 4) is 0 Å². The lowest BCUT2D eigenvalue weighted by atomic mass is 9.95. The fourth-order valence-corrected chi connectivity index (χ4v) is 4.15. The van der Waals surface area contributed by atoms with Crippen LogP contribution in [0.3, 0.4) is 0 Å². The van der Waals surface area contributed by atoms with E-state index in [1.807, 2.05) is 36.4 Å². The Bertz CT molecular complexity index is 1040. The second-order valence-electron chi connectivity index (χ2n) is 7.93. The van der Waals surface area contributed by atoms with E-state index >= 15 is 0 Å². The van der Waals surface area contributed by atoms with Gasteiger partial charge >= 0.3 is 0 Å². The zero-order valence-corrected chi connectivity index (χ0v) is 16.7. The van der Waals surface area contributed by atoms with Crippen LogP contribution in [-0.2, 0) is 0 Å². The summed E-state index contributed by atoms with van der Waals surface area (Å²) in [5.74, 6) is 0.591. The number of nitrogens with one attached hydrogen (secondary N) is 2. The van der Waals surface area contributed by atoms with Crippen LogP contribution in [0.2, 0.25) is 0 Å². The molecule has 29 heavy (non-hydrogen) atoms. The van der Waals surface area contributed by atoms with E-state index in [-0.39, 0.29) is 17.5 Å². The molecular weight excluding hydrogens is 362 g/mol. The summed E-state index contributed by atoms with van der Waals surface area (Å²) in [4.78, 5) is 30.2. The highest BCUT2D eigenvalue weighted by molar-refractivity contribution is 6.06. The molecule has 150 valence electrons. The second-order valence-corrected chi connectivity index (χ2v) is 7.93. The molecule has 0 spiro atoms. The van der Waals surface area contributed by atoms with Gasteiger partial charge < -0.3 is 10.3 Å². The highest BCUT2D eigenvalue weighted by Gasteiger charge is 2.25. The highest BCUT2D eigenvalue weighted by atomic mass is 16.1. The minimum Gasteiger partial charge on any atom is -0.350 e. The van der Waals surface area contributed by atoms with Crippen molar-refractivity contribution in [2.45, 2.75) is 25.8 Å². The van der Waals surface area contributed by atoms with E-state index < -0.39 is 0 Å². The molecule has 2 N–H and O–H groups in total. The molecule has 1 aliphatic rings. The lowest BCUT2D eigenvalue weighted by Crippen LogP contribution is -2.42. The topological polar surface area (TPSA) is 65.2 Å². The molecule has 1 aliphatic heterocycles. The van der Waals surface area contributed by atoms with Crippen molar-refractivity contribution >= 4 is 16.7 Å². The molecule has 2 heterocycles. The molecule has 0 aliphatic carbocycles. The average Bonchev–Trinajstić information content (AvgIpc) is 2.76. The Morgan fingerprint density at radius 1 is 1.07 bits per heavy atom. The van der Waals surface area contributed by atoms with Gasteiger partial charge in [0.15, 0.2) is 0 Å². The first-order valence-electron chi connectivity index (χ1n) is 10.3. The number of carbonyl (C=O) groups excluding carboxylic acids is 1. The van der Waals surface area contributed by atoms with Crippen molar-refractivity contribution in [3.05, 3.63) is 82.3 Å². The molecule has 0 saturated carbocycles. The van der Waals surface area contributed by atoms with E-state index in [1.54, 1.807) is 6.07 Å². The quantitative estimate of drug-likeness (QED) is 0.699. The summed E-state index contributed by atoms with van der Waals surface area (Å²) in [5, 5.41) is 4.32. The largest absolute Gasteiger partial charge is 0.350 e. The molecule has 1 atom stereocenters. The first-order chi connectivity index (χ1) is 14.1. The SMILES string of the molecule is CC1CCN([C@@H](CNC(=O)c2c[nH]c(=O)c3ccccc23)c2ccccc2)CC1. The molecule has 1 amide bonds. The first kappa shape index (κ1) is 19.4. The highest BCUT2D eigenvalue weighted by Crippen LogP contribution is 2.26. The monoisotopic (exact) mass is 389 g/mol. The van der Waals surface area contributed by atoms with E-state index in [9.17, 15) is 9.59 Å². The van der Waals surface area contributed by atoms with Crippen LogP contribution in [-0.4, -0.2) is 35.4 Å². The zero-order valence-electron chi connectivity index (χ0n) is 16.7. The molecule has 4 rings (SSSR count). The van der Waals surface area contributed by atoms with Gasteiger partial charge in [0.25, 0.3) is 11.5 Å². The summed E-state index contributed by atoms with van der Waals surface area (Å²) in [5.41, 5.74) is 1.54. The van der Waals surface area contributed by atoms with Crippen molar-refractivity contribution in [3.63, 3.8) is 0 Å². The Morgan fingerprint density at radius 3 is 2.45 bits per heavy atom. The number of aromatic nitrogens is 1. The molecule has 3 aromatic rings. The van der Waals surface area contributed by atoms with Gasteiger partial charge in [-0.25, -0.2) is 0 Å². The predicted molar refractivity (Wildman–Crippen MR) is 116 cm³/mol. The van der Waals surface area contributed by atoms with Gasteiger partial charge in [-0.2, -0.15) is 0 Å². The number of piperidine rings is 1. The van der Waals surface area contributed by atoms with Gasteiger partial charge in [-0.15, -0.1) is 0 Å². The standard InChI is InChI=1S/C24H27N3O2/c1-17-11-13-27(14-12-17)22(18-7-3-2-4-8-18)16-26-24(29)21-15-25-23(28)20-10-6-5-9-19(20)21/h2-10,15,17,22H,11-14,16H2,1H3,(H,25,28)(H,26,29)/t22-/m0/s1. The van der Waals surface area contributed by atoms with E-state index in [0.29, 0.717) is 22.9 Å². The van der Waals surface area contributed by atoms with Crippen LogP contribution < -0.4 is 10.9 Å². The normalized spacial score (nSPS) is 16.6. The van der Waals surface area contributed by atoms with E-state index in [1.165, 1.54) is 24.6 Å². The fraction of sp³-hybridized carbons (Fsp3) is 0.333. The van der Waals surface area contributed by atoms with Crippen LogP contribution in [0.5, 0.6) is 0 Å².